The van der Waals surface area contributed by atoms with Gasteiger partial charge in [-0.1, -0.05) is 17.7 Å². The molecule has 0 saturated heterocycles. The Hall–Kier alpha value is -1.10. The fourth-order valence-corrected chi connectivity index (χ4v) is 1.67. The number of rotatable bonds is 4. The second-order valence-electron chi connectivity index (χ2n) is 3.43. The van der Waals surface area contributed by atoms with Crippen LogP contribution in [-0.2, 0) is 9.53 Å². The van der Waals surface area contributed by atoms with Gasteiger partial charge in [-0.3, -0.25) is 0 Å². The standard InChI is InChI=1S/C12H11Cl2FO3/c1-18-12(17)9(11(16)6-13)4-7-2-3-8(15)5-10(7)14/h2-5,11,16H,6H2,1H3/b9-4-. The van der Waals surface area contributed by atoms with Crippen LogP contribution in [0.3, 0.4) is 0 Å². The van der Waals surface area contributed by atoms with Crippen LogP contribution in [0.4, 0.5) is 4.39 Å². The highest BCUT2D eigenvalue weighted by Crippen LogP contribution is 2.21. The Balaban J connectivity index is 3.19. The van der Waals surface area contributed by atoms with Gasteiger partial charge in [0.15, 0.2) is 0 Å². The van der Waals surface area contributed by atoms with Crippen molar-refractivity contribution in [2.24, 2.45) is 0 Å². The minimum absolute atomic E-state index is 0.0407. The summed E-state index contributed by atoms with van der Waals surface area (Å²) in [7, 11) is 1.18. The van der Waals surface area contributed by atoms with Crippen LogP contribution in [0.5, 0.6) is 0 Å². The van der Waals surface area contributed by atoms with Crippen LogP contribution < -0.4 is 0 Å². The van der Waals surface area contributed by atoms with Crippen molar-refractivity contribution in [1.82, 2.24) is 0 Å². The van der Waals surface area contributed by atoms with E-state index in [1.54, 1.807) is 0 Å². The molecule has 0 aromatic heterocycles. The monoisotopic (exact) mass is 292 g/mol. The van der Waals surface area contributed by atoms with Crippen molar-refractivity contribution in [3.63, 3.8) is 0 Å². The number of methoxy groups -OCH3 is 1. The maximum atomic E-state index is 12.9. The third kappa shape index (κ3) is 3.70. The largest absolute Gasteiger partial charge is 0.466 e. The lowest BCUT2D eigenvalue weighted by molar-refractivity contribution is -0.137. The molecule has 0 bridgehead atoms. The molecule has 0 amide bonds. The molecule has 1 N–H and O–H groups in total. The van der Waals surface area contributed by atoms with Gasteiger partial charge in [0.25, 0.3) is 0 Å². The summed E-state index contributed by atoms with van der Waals surface area (Å²) < 4.78 is 17.4. The summed E-state index contributed by atoms with van der Waals surface area (Å²) in [5, 5.41) is 9.73. The van der Waals surface area contributed by atoms with Gasteiger partial charge in [0.05, 0.1) is 29.7 Å². The van der Waals surface area contributed by atoms with Crippen molar-refractivity contribution in [2.75, 3.05) is 13.0 Å². The predicted octanol–water partition coefficient (Wildman–Crippen LogP) is 2.64. The number of esters is 1. The molecular formula is C12H11Cl2FO3. The minimum Gasteiger partial charge on any atom is -0.466 e. The first kappa shape index (κ1) is 15.0. The highest BCUT2D eigenvalue weighted by atomic mass is 35.5. The van der Waals surface area contributed by atoms with Crippen molar-refractivity contribution in [1.29, 1.82) is 0 Å². The summed E-state index contributed by atoms with van der Waals surface area (Å²) >= 11 is 11.3. The molecule has 3 nitrogen and oxygen atoms in total. The van der Waals surface area contributed by atoms with E-state index < -0.39 is 17.9 Å². The third-order valence-electron chi connectivity index (χ3n) is 2.20. The summed E-state index contributed by atoms with van der Waals surface area (Å²) in [6, 6.07) is 3.69. The van der Waals surface area contributed by atoms with E-state index in [-0.39, 0.29) is 16.5 Å². The van der Waals surface area contributed by atoms with Crippen molar-refractivity contribution in [2.45, 2.75) is 6.10 Å². The number of benzene rings is 1. The molecule has 18 heavy (non-hydrogen) atoms. The van der Waals surface area contributed by atoms with Gasteiger partial charge in [0, 0.05) is 0 Å². The molecule has 0 fully saturated rings. The van der Waals surface area contributed by atoms with Crippen LogP contribution in [0.15, 0.2) is 23.8 Å². The molecular weight excluding hydrogens is 282 g/mol. The Morgan fingerprint density at radius 2 is 2.28 bits per heavy atom. The number of aliphatic hydroxyl groups excluding tert-OH is 1. The van der Waals surface area contributed by atoms with E-state index in [0.717, 1.165) is 6.07 Å². The Morgan fingerprint density at radius 3 is 2.78 bits per heavy atom. The molecule has 0 aliphatic rings. The van der Waals surface area contributed by atoms with Crippen molar-refractivity contribution < 1.29 is 19.0 Å². The first-order valence-corrected chi connectivity index (χ1v) is 5.89. The molecule has 0 heterocycles. The normalized spacial score (nSPS) is 13.3. The van der Waals surface area contributed by atoms with Gasteiger partial charge < -0.3 is 9.84 Å². The van der Waals surface area contributed by atoms with Crippen molar-refractivity contribution >= 4 is 35.2 Å². The second-order valence-corrected chi connectivity index (χ2v) is 4.14. The van der Waals surface area contributed by atoms with E-state index in [0.29, 0.717) is 5.56 Å². The molecule has 1 unspecified atom stereocenters. The summed E-state index contributed by atoms with van der Waals surface area (Å²) in [6.07, 6.45) is 0.140. The van der Waals surface area contributed by atoms with E-state index in [4.69, 9.17) is 23.2 Å². The quantitative estimate of drug-likeness (QED) is 0.527. The van der Waals surface area contributed by atoms with E-state index in [1.165, 1.54) is 25.3 Å². The molecule has 0 saturated carbocycles. The van der Waals surface area contributed by atoms with Gasteiger partial charge >= 0.3 is 5.97 Å². The molecule has 0 aliphatic heterocycles. The zero-order chi connectivity index (χ0) is 13.7. The number of hydrogen-bond acceptors (Lipinski definition) is 3. The summed E-state index contributed by atoms with van der Waals surface area (Å²) in [4.78, 5) is 11.5. The molecule has 98 valence electrons. The number of aliphatic hydroxyl groups is 1. The first-order valence-electron chi connectivity index (χ1n) is 4.98. The fourth-order valence-electron chi connectivity index (χ4n) is 1.28. The van der Waals surface area contributed by atoms with Crippen molar-refractivity contribution in [3.8, 4) is 0 Å². The zero-order valence-corrected chi connectivity index (χ0v) is 11.0. The van der Waals surface area contributed by atoms with Gasteiger partial charge in [-0.15, -0.1) is 11.6 Å². The highest BCUT2D eigenvalue weighted by molar-refractivity contribution is 6.32. The predicted molar refractivity (Wildman–Crippen MR) is 68.1 cm³/mol. The molecule has 6 heteroatoms. The van der Waals surface area contributed by atoms with Crippen LogP contribution in [0.25, 0.3) is 6.08 Å². The molecule has 1 aromatic carbocycles. The minimum atomic E-state index is -1.18. The van der Waals surface area contributed by atoms with Crippen LogP contribution in [0, 0.1) is 5.82 Å². The maximum absolute atomic E-state index is 12.9. The summed E-state index contributed by atoms with van der Waals surface area (Å²) in [5.41, 5.74) is 0.351. The molecule has 0 radical (unpaired) electrons. The van der Waals surface area contributed by atoms with E-state index in [9.17, 15) is 14.3 Å². The molecule has 0 aliphatic carbocycles. The molecule has 1 atom stereocenters. The lowest BCUT2D eigenvalue weighted by Crippen LogP contribution is -2.20. The highest BCUT2D eigenvalue weighted by Gasteiger charge is 2.19. The maximum Gasteiger partial charge on any atom is 0.336 e. The Morgan fingerprint density at radius 1 is 1.61 bits per heavy atom. The Labute approximate surface area is 114 Å². The van der Waals surface area contributed by atoms with Crippen LogP contribution in [0.2, 0.25) is 5.02 Å². The summed E-state index contributed by atoms with van der Waals surface area (Å²) in [5.74, 6) is -1.38. The lowest BCUT2D eigenvalue weighted by atomic mass is 10.1. The number of halogens is 3. The molecule has 0 spiro atoms. The second kappa shape index (κ2) is 6.73. The Bertz CT molecular complexity index is 474. The van der Waals surface area contributed by atoms with Gasteiger partial charge in [0.1, 0.15) is 5.82 Å². The van der Waals surface area contributed by atoms with E-state index in [2.05, 4.69) is 4.74 Å². The molecule has 1 rings (SSSR count). The van der Waals surface area contributed by atoms with Gasteiger partial charge in [-0.25, -0.2) is 9.18 Å². The zero-order valence-electron chi connectivity index (χ0n) is 9.49. The van der Waals surface area contributed by atoms with Crippen molar-refractivity contribution in [3.05, 3.63) is 40.2 Å². The van der Waals surface area contributed by atoms with E-state index in [1.807, 2.05) is 0 Å². The third-order valence-corrected chi connectivity index (χ3v) is 2.82. The summed E-state index contributed by atoms with van der Waals surface area (Å²) in [6.45, 7) is 0. The first-order chi connectivity index (χ1) is 8.49. The SMILES string of the molecule is COC(=O)/C(=C\c1ccc(F)cc1Cl)C(O)CCl. The van der Waals surface area contributed by atoms with Crippen LogP contribution in [-0.4, -0.2) is 30.2 Å². The smallest absolute Gasteiger partial charge is 0.336 e. The average molecular weight is 293 g/mol. The molecule has 1 aromatic rings. The number of carbonyl (C=O) groups excluding carboxylic acids is 1. The van der Waals surface area contributed by atoms with Crippen LogP contribution >= 0.6 is 23.2 Å². The number of hydrogen-bond donors (Lipinski definition) is 1. The topological polar surface area (TPSA) is 46.5 Å². The van der Waals surface area contributed by atoms with Gasteiger partial charge in [-0.2, -0.15) is 0 Å². The number of alkyl halides is 1. The van der Waals surface area contributed by atoms with Crippen LogP contribution in [0.1, 0.15) is 5.56 Å². The number of carbonyl (C=O) groups is 1. The van der Waals surface area contributed by atoms with Gasteiger partial charge in [-0.05, 0) is 23.8 Å². The Kier molecular flexibility index (Phi) is 5.59. The average Bonchev–Trinajstić information content (AvgIpc) is 2.36. The fraction of sp³-hybridized carbons (Fsp3) is 0.250. The lowest BCUT2D eigenvalue weighted by Gasteiger charge is -2.10. The van der Waals surface area contributed by atoms with E-state index >= 15 is 0 Å². The van der Waals surface area contributed by atoms with Gasteiger partial charge in [0.2, 0.25) is 0 Å². The number of ether oxygens (including phenoxy) is 1.